The highest BCUT2D eigenvalue weighted by Crippen LogP contribution is 2.01. The molecule has 1 aromatic rings. The Bertz CT molecular complexity index is 294. The minimum Gasteiger partial charge on any atom is -0.384 e. The van der Waals surface area contributed by atoms with Gasteiger partial charge in [0.05, 0.1) is 0 Å². The summed E-state index contributed by atoms with van der Waals surface area (Å²) in [5.41, 5.74) is 6.32. The van der Waals surface area contributed by atoms with Crippen molar-refractivity contribution in [3.05, 3.63) is 35.4 Å². The summed E-state index contributed by atoms with van der Waals surface area (Å²) < 4.78 is 0. The number of hydrogen-bond donors (Lipinski definition) is 2. The fourth-order valence-electron chi connectivity index (χ4n) is 0.780. The smallest absolute Gasteiger partial charge is 0.150 e. The summed E-state index contributed by atoms with van der Waals surface area (Å²) in [5, 5.41) is 7.07. The maximum absolute atomic E-state index is 10.3. The molecule has 56 valence electrons. The van der Waals surface area contributed by atoms with Crippen LogP contribution in [0.3, 0.4) is 0 Å². The summed E-state index contributed by atoms with van der Waals surface area (Å²) in [6.45, 7) is 0. The Hall–Kier alpha value is -1.64. The van der Waals surface area contributed by atoms with Crippen LogP contribution >= 0.6 is 0 Å². The molecule has 1 aromatic carbocycles. The molecule has 3 heteroatoms. The van der Waals surface area contributed by atoms with Gasteiger partial charge in [-0.25, -0.2) is 0 Å². The van der Waals surface area contributed by atoms with E-state index in [0.717, 1.165) is 6.29 Å². The van der Waals surface area contributed by atoms with E-state index in [1.165, 1.54) is 0 Å². The predicted octanol–water partition coefficient (Wildman–Crippen LogP) is 0.783. The monoisotopic (exact) mass is 148 g/mol. The first kappa shape index (κ1) is 7.47. The van der Waals surface area contributed by atoms with Crippen molar-refractivity contribution in [1.29, 1.82) is 5.41 Å². The number of carbonyl (C=O) groups is 1. The average molecular weight is 148 g/mol. The van der Waals surface area contributed by atoms with Crippen LogP contribution in [0.25, 0.3) is 0 Å². The van der Waals surface area contributed by atoms with E-state index in [2.05, 4.69) is 0 Å². The van der Waals surface area contributed by atoms with Gasteiger partial charge in [0.15, 0.2) is 0 Å². The number of benzene rings is 1. The predicted molar refractivity (Wildman–Crippen MR) is 42.8 cm³/mol. The molecule has 0 unspecified atom stereocenters. The van der Waals surface area contributed by atoms with E-state index in [9.17, 15) is 4.79 Å². The van der Waals surface area contributed by atoms with Crippen LogP contribution in [0.4, 0.5) is 0 Å². The van der Waals surface area contributed by atoms with Gasteiger partial charge in [-0.05, 0) is 6.07 Å². The lowest BCUT2D eigenvalue weighted by atomic mass is 10.1. The molecule has 0 heterocycles. The van der Waals surface area contributed by atoms with Gasteiger partial charge >= 0.3 is 0 Å². The fraction of sp³-hybridized carbons (Fsp3) is 0. The van der Waals surface area contributed by atoms with Gasteiger partial charge in [-0.15, -0.1) is 0 Å². The summed E-state index contributed by atoms with van der Waals surface area (Å²) in [4.78, 5) is 10.3. The quantitative estimate of drug-likeness (QED) is 0.370. The Labute approximate surface area is 64.3 Å². The van der Waals surface area contributed by atoms with Gasteiger partial charge in [0.25, 0.3) is 0 Å². The molecule has 0 amide bonds. The second-order valence-corrected chi connectivity index (χ2v) is 2.16. The zero-order valence-corrected chi connectivity index (χ0v) is 5.87. The number of carbonyl (C=O) groups excluding carboxylic acids is 1. The second kappa shape index (κ2) is 2.96. The Balaban J connectivity index is 3.10. The van der Waals surface area contributed by atoms with Gasteiger partial charge in [-0.2, -0.15) is 0 Å². The number of hydrogen-bond acceptors (Lipinski definition) is 2. The van der Waals surface area contributed by atoms with Crippen molar-refractivity contribution in [1.82, 2.24) is 0 Å². The third-order valence-corrected chi connectivity index (χ3v) is 1.33. The van der Waals surface area contributed by atoms with Crippen molar-refractivity contribution in [3.8, 4) is 0 Å². The Morgan fingerprint density at radius 2 is 2.27 bits per heavy atom. The van der Waals surface area contributed by atoms with Crippen molar-refractivity contribution >= 4 is 12.1 Å². The van der Waals surface area contributed by atoms with Crippen molar-refractivity contribution in [3.63, 3.8) is 0 Å². The molecule has 0 radical (unpaired) electrons. The average Bonchev–Trinajstić information content (AvgIpc) is 2.05. The Morgan fingerprint density at radius 1 is 1.55 bits per heavy atom. The summed E-state index contributed by atoms with van der Waals surface area (Å²) in [6, 6.07) is 6.63. The maximum Gasteiger partial charge on any atom is 0.150 e. The molecule has 0 spiro atoms. The lowest BCUT2D eigenvalue weighted by molar-refractivity contribution is 0.112. The van der Waals surface area contributed by atoms with Gasteiger partial charge in [0.2, 0.25) is 0 Å². The number of amidine groups is 1. The molecule has 0 saturated carbocycles. The van der Waals surface area contributed by atoms with Crippen LogP contribution in [0, 0.1) is 5.41 Å². The number of nitrogens with two attached hydrogens (primary N) is 1. The molecular formula is C8H8N2O. The standard InChI is InChI=1S/C8H8N2O/c9-8(10)7-3-1-2-6(4-7)5-11/h1-5H,(H3,9,10). The van der Waals surface area contributed by atoms with Crippen LogP contribution in [0.1, 0.15) is 15.9 Å². The lowest BCUT2D eigenvalue weighted by Gasteiger charge is -1.96. The summed E-state index contributed by atoms with van der Waals surface area (Å²) in [7, 11) is 0. The third kappa shape index (κ3) is 1.64. The van der Waals surface area contributed by atoms with Crippen LogP contribution in [0.2, 0.25) is 0 Å². The number of rotatable bonds is 2. The molecule has 3 nitrogen and oxygen atoms in total. The van der Waals surface area contributed by atoms with Crippen molar-refractivity contribution in [2.75, 3.05) is 0 Å². The van der Waals surface area contributed by atoms with E-state index in [1.54, 1.807) is 24.3 Å². The van der Waals surface area contributed by atoms with Gasteiger partial charge in [0, 0.05) is 11.1 Å². The van der Waals surface area contributed by atoms with Crippen LogP contribution in [0.15, 0.2) is 24.3 Å². The molecule has 1 rings (SSSR count). The Morgan fingerprint density at radius 3 is 2.82 bits per heavy atom. The molecule has 0 aromatic heterocycles. The topological polar surface area (TPSA) is 66.9 Å². The van der Waals surface area contributed by atoms with E-state index in [4.69, 9.17) is 11.1 Å². The third-order valence-electron chi connectivity index (χ3n) is 1.33. The fourth-order valence-corrected chi connectivity index (χ4v) is 0.780. The summed E-state index contributed by atoms with van der Waals surface area (Å²) in [6.07, 6.45) is 0.729. The molecule has 0 aliphatic rings. The molecule has 11 heavy (non-hydrogen) atoms. The highest BCUT2D eigenvalue weighted by Gasteiger charge is 1.95. The SMILES string of the molecule is N=C(N)c1cccc(C=O)c1. The largest absolute Gasteiger partial charge is 0.384 e. The normalized spacial score (nSPS) is 9.09. The molecule has 0 aliphatic carbocycles. The van der Waals surface area contributed by atoms with Crippen LogP contribution in [-0.2, 0) is 0 Å². The first-order valence-electron chi connectivity index (χ1n) is 3.13. The van der Waals surface area contributed by atoms with Gasteiger partial charge < -0.3 is 5.73 Å². The van der Waals surface area contributed by atoms with Crippen molar-refractivity contribution in [2.24, 2.45) is 5.73 Å². The molecular weight excluding hydrogens is 140 g/mol. The van der Waals surface area contributed by atoms with Gasteiger partial charge in [-0.1, -0.05) is 18.2 Å². The summed E-state index contributed by atoms with van der Waals surface area (Å²) in [5.74, 6) is -0.0197. The minimum atomic E-state index is -0.0197. The van der Waals surface area contributed by atoms with Crippen molar-refractivity contribution < 1.29 is 4.79 Å². The molecule has 0 saturated heterocycles. The highest BCUT2D eigenvalue weighted by atomic mass is 16.1. The highest BCUT2D eigenvalue weighted by molar-refractivity contribution is 5.96. The first-order valence-corrected chi connectivity index (χ1v) is 3.13. The van der Waals surface area contributed by atoms with E-state index >= 15 is 0 Å². The first-order chi connectivity index (χ1) is 5.24. The Kier molecular flexibility index (Phi) is 2.01. The van der Waals surface area contributed by atoms with Gasteiger partial charge in [-0.3, -0.25) is 10.2 Å². The minimum absolute atomic E-state index is 0.0197. The van der Waals surface area contributed by atoms with Crippen LogP contribution < -0.4 is 5.73 Å². The number of nitrogens with one attached hydrogen (secondary N) is 1. The molecule has 3 N–H and O–H groups in total. The number of nitrogen functional groups attached to an aromatic ring is 1. The molecule has 0 fully saturated rings. The van der Waals surface area contributed by atoms with Crippen LogP contribution in [0.5, 0.6) is 0 Å². The second-order valence-electron chi connectivity index (χ2n) is 2.16. The maximum atomic E-state index is 10.3. The zero-order chi connectivity index (χ0) is 8.27. The van der Waals surface area contributed by atoms with E-state index in [0.29, 0.717) is 11.1 Å². The molecule has 0 atom stereocenters. The number of aldehydes is 1. The van der Waals surface area contributed by atoms with E-state index in [1.807, 2.05) is 0 Å². The van der Waals surface area contributed by atoms with Crippen molar-refractivity contribution in [2.45, 2.75) is 0 Å². The zero-order valence-electron chi connectivity index (χ0n) is 5.87. The molecule has 0 bridgehead atoms. The van der Waals surface area contributed by atoms with Crippen LogP contribution in [-0.4, -0.2) is 12.1 Å². The van der Waals surface area contributed by atoms with Gasteiger partial charge in [0.1, 0.15) is 12.1 Å². The lowest BCUT2D eigenvalue weighted by Crippen LogP contribution is -2.10. The van der Waals surface area contributed by atoms with E-state index in [-0.39, 0.29) is 5.84 Å². The van der Waals surface area contributed by atoms with E-state index < -0.39 is 0 Å². The molecule has 0 aliphatic heterocycles. The summed E-state index contributed by atoms with van der Waals surface area (Å²) >= 11 is 0.